The molecule has 2 aliphatic rings. The minimum atomic E-state index is -2.95. The van der Waals surface area contributed by atoms with Crippen LogP contribution in [-0.4, -0.2) is 56.7 Å². The monoisotopic (exact) mass is 590 g/mol. The lowest BCUT2D eigenvalue weighted by Gasteiger charge is -2.51. The van der Waals surface area contributed by atoms with Gasteiger partial charge in [-0.05, 0) is 33.2 Å². The van der Waals surface area contributed by atoms with Gasteiger partial charge in [-0.15, -0.1) is 0 Å². The van der Waals surface area contributed by atoms with Gasteiger partial charge in [0, 0.05) is 6.20 Å². The Morgan fingerprint density at radius 3 is 2.14 bits per heavy atom. The van der Waals surface area contributed by atoms with Gasteiger partial charge in [-0.3, -0.25) is 14.3 Å². The fourth-order valence-electron chi connectivity index (χ4n) is 5.24. The summed E-state index contributed by atoms with van der Waals surface area (Å²) in [5.74, 6) is 0. The fourth-order valence-corrected chi connectivity index (χ4v) is 16.7. The van der Waals surface area contributed by atoms with Crippen LogP contribution in [0.4, 0.5) is 0 Å². The molecule has 0 bridgehead atoms. The van der Waals surface area contributed by atoms with Gasteiger partial charge in [0.05, 0.1) is 12.2 Å². The van der Waals surface area contributed by atoms with Crippen molar-refractivity contribution in [1.82, 2.24) is 9.55 Å². The molecule has 3 rings (SSSR count). The molecule has 0 radical (unpaired) electrons. The quantitative estimate of drug-likeness (QED) is 0.479. The van der Waals surface area contributed by atoms with Crippen molar-refractivity contribution in [3.63, 3.8) is 0 Å². The molecule has 2 N–H and O–H groups in total. The lowest BCUT2D eigenvalue weighted by atomic mass is 10.1. The van der Waals surface area contributed by atoms with Crippen LogP contribution in [0.2, 0.25) is 22.2 Å². The number of aliphatic hydroxyl groups excluding tert-OH is 1. The summed E-state index contributed by atoms with van der Waals surface area (Å²) in [7, 11) is -5.71. The second-order valence-electron chi connectivity index (χ2n) is 10.7. The third-order valence-corrected chi connectivity index (χ3v) is 17.7. The minimum absolute atomic E-state index is 0.0898. The van der Waals surface area contributed by atoms with Gasteiger partial charge in [0.25, 0.3) is 5.56 Å². The summed E-state index contributed by atoms with van der Waals surface area (Å²) in [6.45, 7) is 17.2. The fraction of sp³-hybridized carbons (Fsp3) is 0.739. The number of hydrogen-bond donors (Lipinski definition) is 2. The average molecular weight is 592 g/mol. The number of H-pyrrole nitrogens is 1. The van der Waals surface area contributed by atoms with Gasteiger partial charge in [-0.25, -0.2) is 4.79 Å². The number of hydrogen-bond acceptors (Lipinski definition) is 7. The molecule has 12 heteroatoms. The van der Waals surface area contributed by atoms with Crippen molar-refractivity contribution >= 4 is 39.1 Å². The molecule has 1 aromatic heterocycles. The van der Waals surface area contributed by atoms with Crippen molar-refractivity contribution < 1.29 is 22.8 Å². The SMILES string of the molecule is CC(C)[Si]1(C(C)C)OC[C@H]2O[C@@H](n3cc(/C=C/Br)c(=O)[nH]c3=O)[C@@H](O)[C@@H]2O[Si](C(C)C)(C(C)C)O1. The standard InChI is InChI=1S/C23H39BrN2O7Si2/c1-13(2)34(14(3)4)30-12-18-20(32-35(33-34,15(5)6)16(7)8)19(27)22(31-18)26-11-17(9-10-24)21(28)25-23(26)29/h9-11,13-16,18-20,22,27H,12H2,1-8H3,(H,25,28,29)/b10-9+/t18-,19+,20-,22-/m1/s1. The van der Waals surface area contributed by atoms with E-state index in [1.54, 1.807) is 0 Å². The number of aromatic amines is 1. The molecule has 3 heterocycles. The van der Waals surface area contributed by atoms with E-state index in [4.69, 9.17) is 17.7 Å². The van der Waals surface area contributed by atoms with Crippen molar-refractivity contribution in [2.75, 3.05) is 6.61 Å². The Kier molecular flexibility index (Phi) is 8.90. The van der Waals surface area contributed by atoms with Crippen molar-refractivity contribution in [3.05, 3.63) is 37.6 Å². The molecule has 0 unspecified atom stereocenters. The number of halogens is 1. The smallest absolute Gasteiger partial charge is 0.335 e. The van der Waals surface area contributed by atoms with Gasteiger partial charge >= 0.3 is 22.8 Å². The average Bonchev–Trinajstić information content (AvgIpc) is 3.04. The van der Waals surface area contributed by atoms with Crippen molar-refractivity contribution in [2.24, 2.45) is 0 Å². The Hall–Kier alpha value is -0.866. The minimum Gasteiger partial charge on any atom is -0.414 e. The van der Waals surface area contributed by atoms with E-state index in [-0.39, 0.29) is 34.3 Å². The van der Waals surface area contributed by atoms with Gasteiger partial charge in [0.1, 0.15) is 18.3 Å². The second-order valence-corrected chi connectivity index (χ2v) is 20.0. The summed E-state index contributed by atoms with van der Waals surface area (Å²) in [4.78, 5) is 28.7. The third kappa shape index (κ3) is 5.13. The molecule has 2 aliphatic heterocycles. The highest BCUT2D eigenvalue weighted by Crippen LogP contribution is 2.48. The molecule has 0 spiro atoms. The van der Waals surface area contributed by atoms with E-state index >= 15 is 0 Å². The number of aromatic nitrogens is 2. The predicted molar refractivity (Wildman–Crippen MR) is 143 cm³/mol. The Labute approximate surface area is 217 Å². The summed E-state index contributed by atoms with van der Waals surface area (Å²) in [6, 6.07) is 0. The normalized spacial score (nSPS) is 28.7. The lowest BCUT2D eigenvalue weighted by molar-refractivity contribution is -0.0601. The molecule has 9 nitrogen and oxygen atoms in total. The van der Waals surface area contributed by atoms with Crippen LogP contribution in [0.15, 0.2) is 20.8 Å². The third-order valence-electron chi connectivity index (χ3n) is 7.15. The maximum Gasteiger partial charge on any atom is 0.335 e. The van der Waals surface area contributed by atoms with Crippen LogP contribution in [0.5, 0.6) is 0 Å². The molecular formula is C23H39BrN2O7Si2. The second kappa shape index (κ2) is 10.9. The summed E-state index contributed by atoms with van der Waals surface area (Å²) in [5, 5.41) is 11.4. The summed E-state index contributed by atoms with van der Waals surface area (Å²) < 4.78 is 28.2. The van der Waals surface area contributed by atoms with Gasteiger partial charge in [0.15, 0.2) is 6.23 Å². The van der Waals surface area contributed by atoms with E-state index in [2.05, 4.69) is 76.3 Å². The number of nitrogens with one attached hydrogen (secondary N) is 1. The molecule has 0 saturated carbocycles. The lowest BCUT2D eigenvalue weighted by Crippen LogP contribution is -2.65. The Bertz CT molecular complexity index is 1020. The molecule has 1 aromatic rings. The molecule has 0 aromatic carbocycles. The first-order chi connectivity index (χ1) is 16.3. The topological polar surface area (TPSA) is 112 Å². The zero-order valence-corrected chi connectivity index (χ0v) is 25.4. The van der Waals surface area contributed by atoms with Crippen molar-refractivity contribution in [3.8, 4) is 0 Å². The highest BCUT2D eigenvalue weighted by molar-refractivity contribution is 9.11. The maximum absolute atomic E-state index is 12.7. The summed E-state index contributed by atoms with van der Waals surface area (Å²) in [5.41, 5.74) is -0.408. The number of rotatable bonds is 6. The van der Waals surface area contributed by atoms with Crippen LogP contribution >= 0.6 is 15.9 Å². The molecular weight excluding hydrogens is 552 g/mol. The van der Waals surface area contributed by atoms with Gasteiger partial charge in [-0.1, -0.05) is 71.3 Å². The zero-order chi connectivity index (χ0) is 26.3. The summed E-state index contributed by atoms with van der Waals surface area (Å²) in [6.07, 6.45) is -0.626. The number of aliphatic hydroxyl groups is 1. The van der Waals surface area contributed by atoms with Gasteiger partial charge in [0.2, 0.25) is 0 Å². The van der Waals surface area contributed by atoms with Gasteiger partial charge < -0.3 is 22.8 Å². The first-order valence-electron chi connectivity index (χ1n) is 12.3. The Morgan fingerprint density at radius 2 is 1.63 bits per heavy atom. The molecule has 2 fully saturated rings. The first-order valence-corrected chi connectivity index (χ1v) is 17.1. The van der Waals surface area contributed by atoms with Crippen LogP contribution in [0.3, 0.4) is 0 Å². The van der Waals surface area contributed by atoms with E-state index in [0.29, 0.717) is 0 Å². The largest absolute Gasteiger partial charge is 0.414 e. The molecule has 4 atom stereocenters. The van der Waals surface area contributed by atoms with Crippen LogP contribution in [-0.2, 0) is 17.7 Å². The van der Waals surface area contributed by atoms with Crippen LogP contribution in [0.1, 0.15) is 67.2 Å². The van der Waals surface area contributed by atoms with Crippen LogP contribution in [0.25, 0.3) is 6.08 Å². The highest BCUT2D eigenvalue weighted by atomic mass is 79.9. The molecule has 2 saturated heterocycles. The molecule has 198 valence electrons. The van der Waals surface area contributed by atoms with E-state index in [1.807, 2.05) is 0 Å². The number of nitrogens with zero attached hydrogens (tertiary/aromatic N) is 1. The number of ether oxygens (including phenoxy) is 1. The molecule has 0 aliphatic carbocycles. The van der Waals surface area contributed by atoms with Crippen LogP contribution < -0.4 is 11.2 Å². The van der Waals surface area contributed by atoms with Crippen molar-refractivity contribution in [2.45, 2.75) is 102 Å². The van der Waals surface area contributed by atoms with Gasteiger partial charge in [-0.2, -0.15) is 0 Å². The number of fused-ring (bicyclic) bond motifs is 1. The van der Waals surface area contributed by atoms with E-state index < -0.39 is 52.9 Å². The maximum atomic E-state index is 12.7. The first kappa shape index (κ1) is 28.7. The van der Waals surface area contributed by atoms with E-state index in [1.165, 1.54) is 21.8 Å². The molecule has 35 heavy (non-hydrogen) atoms. The zero-order valence-electron chi connectivity index (χ0n) is 21.8. The van der Waals surface area contributed by atoms with Crippen LogP contribution in [0, 0.1) is 0 Å². The highest BCUT2D eigenvalue weighted by Gasteiger charge is 2.61. The van der Waals surface area contributed by atoms with E-state index in [0.717, 1.165) is 0 Å². The summed E-state index contributed by atoms with van der Waals surface area (Å²) >= 11 is 3.16. The van der Waals surface area contributed by atoms with E-state index in [9.17, 15) is 14.7 Å². The Balaban J connectivity index is 2.11. The molecule has 0 amide bonds. The Morgan fingerprint density at radius 1 is 1.06 bits per heavy atom. The van der Waals surface area contributed by atoms with Crippen molar-refractivity contribution in [1.29, 1.82) is 0 Å². The predicted octanol–water partition coefficient (Wildman–Crippen LogP) is 4.12.